The van der Waals surface area contributed by atoms with E-state index in [9.17, 15) is 4.79 Å². The van der Waals surface area contributed by atoms with Crippen LogP contribution < -0.4 is 0 Å². The lowest BCUT2D eigenvalue weighted by Gasteiger charge is -2.19. The zero-order valence-electron chi connectivity index (χ0n) is 13.1. The van der Waals surface area contributed by atoms with E-state index in [4.69, 9.17) is 16.0 Å². The summed E-state index contributed by atoms with van der Waals surface area (Å²) in [6.45, 7) is 6.47. The number of carbonyl (C=O) groups is 1. The van der Waals surface area contributed by atoms with Gasteiger partial charge in [-0.2, -0.15) is 5.10 Å². The number of carbonyl (C=O) groups excluding carboxylic acids is 1. The Bertz CT molecular complexity index is 865. The molecule has 0 saturated carbocycles. The molecule has 3 aromatic heterocycles. The highest BCUT2D eigenvalue weighted by Crippen LogP contribution is 2.24. The van der Waals surface area contributed by atoms with Crippen molar-refractivity contribution in [3.05, 3.63) is 63.7 Å². The third-order valence-corrected chi connectivity index (χ3v) is 4.63. The number of aryl methyl sites for hydroxylation is 1. The van der Waals surface area contributed by atoms with E-state index in [1.165, 1.54) is 11.3 Å². The van der Waals surface area contributed by atoms with Crippen LogP contribution in [-0.2, 0) is 6.54 Å². The number of aromatic amines is 1. The normalized spacial score (nSPS) is 10.8. The van der Waals surface area contributed by atoms with Gasteiger partial charge in [0, 0.05) is 17.5 Å². The summed E-state index contributed by atoms with van der Waals surface area (Å²) in [5.74, 6) is 1.28. The van der Waals surface area contributed by atoms with E-state index < -0.39 is 0 Å². The second-order valence-electron chi connectivity index (χ2n) is 5.26. The first-order chi connectivity index (χ1) is 11.6. The molecule has 1 amide bonds. The van der Waals surface area contributed by atoms with Crippen molar-refractivity contribution in [1.82, 2.24) is 15.1 Å². The minimum absolute atomic E-state index is 0.176. The zero-order valence-corrected chi connectivity index (χ0v) is 14.7. The van der Waals surface area contributed by atoms with Gasteiger partial charge in [0.05, 0.1) is 10.9 Å². The molecular formula is C17H16ClN3O2S. The lowest BCUT2D eigenvalue weighted by molar-refractivity contribution is 0.0758. The van der Waals surface area contributed by atoms with Gasteiger partial charge in [-0.25, -0.2) is 0 Å². The summed E-state index contributed by atoms with van der Waals surface area (Å²) in [6.07, 6.45) is 1.69. The highest BCUT2D eigenvalue weighted by Gasteiger charge is 2.20. The van der Waals surface area contributed by atoms with Crippen LogP contribution in [0.2, 0.25) is 4.34 Å². The molecule has 3 rings (SSSR count). The van der Waals surface area contributed by atoms with Gasteiger partial charge in [-0.1, -0.05) is 17.7 Å². The van der Waals surface area contributed by atoms with Gasteiger partial charge in [-0.15, -0.1) is 17.9 Å². The Morgan fingerprint density at radius 3 is 2.92 bits per heavy atom. The zero-order chi connectivity index (χ0) is 17.1. The molecule has 0 spiro atoms. The fourth-order valence-corrected chi connectivity index (χ4v) is 3.40. The number of H-pyrrole nitrogens is 1. The quantitative estimate of drug-likeness (QED) is 0.656. The topological polar surface area (TPSA) is 62.1 Å². The van der Waals surface area contributed by atoms with Crippen molar-refractivity contribution in [3.8, 4) is 11.5 Å². The number of nitrogens with zero attached hydrogens (tertiary/aromatic N) is 2. The van der Waals surface area contributed by atoms with E-state index in [0.717, 1.165) is 10.6 Å². The first kappa shape index (κ1) is 16.5. The summed E-state index contributed by atoms with van der Waals surface area (Å²) in [5, 5.41) is 6.96. The van der Waals surface area contributed by atoms with Crippen molar-refractivity contribution in [2.24, 2.45) is 0 Å². The lowest BCUT2D eigenvalue weighted by Crippen LogP contribution is -2.30. The SMILES string of the molecule is C=CCN(Cc1ccc(Cl)s1)C(=O)c1cc(-c2ccc(C)o2)[nH]n1. The predicted molar refractivity (Wildman–Crippen MR) is 95.3 cm³/mol. The van der Waals surface area contributed by atoms with E-state index in [2.05, 4.69) is 16.8 Å². The van der Waals surface area contributed by atoms with Crippen LogP contribution in [0.5, 0.6) is 0 Å². The largest absolute Gasteiger partial charge is 0.460 e. The Labute approximate surface area is 148 Å². The summed E-state index contributed by atoms with van der Waals surface area (Å²) < 4.78 is 6.24. The number of nitrogens with one attached hydrogen (secondary N) is 1. The van der Waals surface area contributed by atoms with Gasteiger partial charge in [-0.3, -0.25) is 9.89 Å². The van der Waals surface area contributed by atoms with Gasteiger partial charge in [-0.05, 0) is 31.2 Å². The van der Waals surface area contributed by atoms with Crippen molar-refractivity contribution in [2.45, 2.75) is 13.5 Å². The number of halogens is 1. The van der Waals surface area contributed by atoms with Gasteiger partial charge >= 0.3 is 0 Å². The second kappa shape index (κ2) is 7.07. The van der Waals surface area contributed by atoms with Crippen molar-refractivity contribution in [3.63, 3.8) is 0 Å². The van der Waals surface area contributed by atoms with Gasteiger partial charge in [0.15, 0.2) is 11.5 Å². The predicted octanol–water partition coefficient (Wildman–Crippen LogP) is 4.52. The first-order valence-corrected chi connectivity index (χ1v) is 8.53. The van der Waals surface area contributed by atoms with Gasteiger partial charge in [0.2, 0.25) is 0 Å². The molecule has 1 N–H and O–H groups in total. The highest BCUT2D eigenvalue weighted by molar-refractivity contribution is 7.16. The first-order valence-electron chi connectivity index (χ1n) is 7.33. The van der Waals surface area contributed by atoms with Crippen LogP contribution in [0.3, 0.4) is 0 Å². The fourth-order valence-electron chi connectivity index (χ4n) is 2.30. The van der Waals surface area contributed by atoms with Crippen molar-refractivity contribution >= 4 is 28.8 Å². The van der Waals surface area contributed by atoms with E-state index in [-0.39, 0.29) is 5.91 Å². The van der Waals surface area contributed by atoms with Gasteiger partial charge in [0.25, 0.3) is 5.91 Å². The fraction of sp³-hybridized carbons (Fsp3) is 0.176. The molecule has 0 unspecified atom stereocenters. The summed E-state index contributed by atoms with van der Waals surface area (Å²) >= 11 is 7.41. The minimum Gasteiger partial charge on any atom is -0.460 e. The molecule has 0 aromatic carbocycles. The lowest BCUT2D eigenvalue weighted by atomic mass is 10.2. The molecule has 0 radical (unpaired) electrons. The molecule has 3 aromatic rings. The maximum absolute atomic E-state index is 12.7. The monoisotopic (exact) mass is 361 g/mol. The Hall–Kier alpha value is -2.31. The molecular weight excluding hydrogens is 346 g/mol. The number of rotatable bonds is 6. The Balaban J connectivity index is 1.79. The number of hydrogen-bond acceptors (Lipinski definition) is 4. The summed E-state index contributed by atoms with van der Waals surface area (Å²) in [5.41, 5.74) is 1.01. The van der Waals surface area contributed by atoms with E-state index in [1.807, 2.05) is 31.2 Å². The van der Waals surface area contributed by atoms with Crippen LogP contribution in [-0.4, -0.2) is 27.5 Å². The standard InChI is InChI=1S/C17H16ClN3O2S/c1-3-8-21(10-12-5-7-16(18)24-12)17(22)14-9-13(19-20-14)15-6-4-11(2)23-15/h3-7,9H,1,8,10H2,2H3,(H,19,20). The molecule has 0 aliphatic heterocycles. The summed E-state index contributed by atoms with van der Waals surface area (Å²) in [6, 6.07) is 9.13. The number of aromatic nitrogens is 2. The number of hydrogen-bond donors (Lipinski definition) is 1. The van der Waals surface area contributed by atoms with Crippen molar-refractivity contribution < 1.29 is 9.21 Å². The summed E-state index contributed by atoms with van der Waals surface area (Å²) in [4.78, 5) is 15.4. The molecule has 124 valence electrons. The number of furan rings is 1. The highest BCUT2D eigenvalue weighted by atomic mass is 35.5. The Kier molecular flexibility index (Phi) is 4.87. The van der Waals surface area contributed by atoms with Crippen LogP contribution in [0.15, 0.2) is 47.4 Å². The van der Waals surface area contributed by atoms with Gasteiger partial charge < -0.3 is 9.32 Å². The maximum Gasteiger partial charge on any atom is 0.274 e. The van der Waals surface area contributed by atoms with E-state index in [0.29, 0.717) is 34.6 Å². The number of amides is 1. The molecule has 0 aliphatic carbocycles. The molecule has 0 fully saturated rings. The van der Waals surface area contributed by atoms with Crippen LogP contribution in [0.4, 0.5) is 0 Å². The third-order valence-electron chi connectivity index (χ3n) is 3.42. The second-order valence-corrected chi connectivity index (χ2v) is 7.06. The van der Waals surface area contributed by atoms with Crippen LogP contribution in [0, 0.1) is 6.92 Å². The molecule has 0 bridgehead atoms. The van der Waals surface area contributed by atoms with E-state index in [1.54, 1.807) is 17.0 Å². The average Bonchev–Trinajstić information content (AvgIpc) is 3.27. The van der Waals surface area contributed by atoms with Gasteiger partial charge in [0.1, 0.15) is 11.5 Å². The van der Waals surface area contributed by atoms with Crippen LogP contribution in [0.1, 0.15) is 21.1 Å². The molecule has 24 heavy (non-hydrogen) atoms. The maximum atomic E-state index is 12.7. The molecule has 0 atom stereocenters. The van der Waals surface area contributed by atoms with E-state index >= 15 is 0 Å². The summed E-state index contributed by atoms with van der Waals surface area (Å²) in [7, 11) is 0. The number of thiophene rings is 1. The molecule has 0 aliphatic rings. The van der Waals surface area contributed by atoms with Crippen molar-refractivity contribution in [2.75, 3.05) is 6.54 Å². The Morgan fingerprint density at radius 2 is 2.29 bits per heavy atom. The molecule has 7 heteroatoms. The average molecular weight is 362 g/mol. The third kappa shape index (κ3) is 3.60. The van der Waals surface area contributed by atoms with Crippen LogP contribution >= 0.6 is 22.9 Å². The van der Waals surface area contributed by atoms with Crippen LogP contribution in [0.25, 0.3) is 11.5 Å². The van der Waals surface area contributed by atoms with Crippen molar-refractivity contribution in [1.29, 1.82) is 0 Å². The minimum atomic E-state index is -0.176. The Morgan fingerprint density at radius 1 is 1.46 bits per heavy atom. The molecule has 5 nitrogen and oxygen atoms in total. The molecule has 3 heterocycles. The smallest absolute Gasteiger partial charge is 0.274 e. The molecule has 0 saturated heterocycles.